The number of hydrogen-bond acceptors (Lipinski definition) is 3. The Bertz CT molecular complexity index is 276. The predicted octanol–water partition coefficient (Wildman–Crippen LogP) is 1.27. The fourth-order valence-electron chi connectivity index (χ4n) is 1.72. The minimum Gasteiger partial charge on any atom is -0.377 e. The number of sulfonamides is 1. The first-order valence-corrected chi connectivity index (χ1v) is 7.32. The van der Waals surface area contributed by atoms with Crippen LogP contribution in [0.4, 0.5) is 0 Å². The minimum atomic E-state index is -3.10. The van der Waals surface area contributed by atoms with Crippen LogP contribution in [-0.4, -0.2) is 32.9 Å². The highest BCUT2D eigenvalue weighted by Crippen LogP contribution is 2.13. The van der Waals surface area contributed by atoms with Crippen LogP contribution in [0.1, 0.15) is 39.5 Å². The predicted molar refractivity (Wildman–Crippen MR) is 60.3 cm³/mol. The smallest absolute Gasteiger partial charge is 0.211 e. The van der Waals surface area contributed by atoms with E-state index >= 15 is 0 Å². The average Bonchev–Trinajstić information content (AvgIpc) is 2.51. The molecule has 0 aromatic carbocycles. The molecule has 1 fully saturated rings. The van der Waals surface area contributed by atoms with Crippen molar-refractivity contribution in [1.29, 1.82) is 0 Å². The summed E-state index contributed by atoms with van der Waals surface area (Å²) in [5.74, 6) is 0.240. The summed E-state index contributed by atoms with van der Waals surface area (Å²) in [7, 11) is -3.10. The van der Waals surface area contributed by atoms with Crippen LogP contribution in [0, 0.1) is 0 Å². The molecule has 5 heteroatoms. The quantitative estimate of drug-likeness (QED) is 0.705. The number of nitrogens with one attached hydrogen (secondary N) is 1. The highest BCUT2D eigenvalue weighted by molar-refractivity contribution is 7.89. The van der Waals surface area contributed by atoms with Crippen molar-refractivity contribution in [2.24, 2.45) is 0 Å². The van der Waals surface area contributed by atoms with Gasteiger partial charge in [0.15, 0.2) is 0 Å². The highest BCUT2D eigenvalue weighted by Gasteiger charge is 2.27. The Labute approximate surface area is 92.4 Å². The largest absolute Gasteiger partial charge is 0.377 e. The minimum absolute atomic E-state index is 0.00551. The molecule has 4 nitrogen and oxygen atoms in total. The second kappa shape index (κ2) is 5.82. The third-order valence-corrected chi connectivity index (χ3v) is 4.21. The fraction of sp³-hybridized carbons (Fsp3) is 1.00. The van der Waals surface area contributed by atoms with Gasteiger partial charge in [0.25, 0.3) is 0 Å². The molecule has 0 aromatic heterocycles. The Hall–Kier alpha value is -0.130. The Balaban J connectivity index is 2.35. The standard InChI is InChI=1S/C10H21NO3S/c1-3-4-5-8-15(12,13)11-10-6-7-14-9(10)2/h9-11H,3-8H2,1-2H3/t9-,10+/m0/s1. The van der Waals surface area contributed by atoms with Crippen LogP contribution in [-0.2, 0) is 14.8 Å². The lowest BCUT2D eigenvalue weighted by Gasteiger charge is -2.15. The Morgan fingerprint density at radius 2 is 2.13 bits per heavy atom. The zero-order valence-corrected chi connectivity index (χ0v) is 10.3. The summed E-state index contributed by atoms with van der Waals surface area (Å²) < 4.78 is 31.3. The molecule has 1 rings (SSSR count). The summed E-state index contributed by atoms with van der Waals surface area (Å²) in [4.78, 5) is 0. The third-order valence-electron chi connectivity index (χ3n) is 2.72. The summed E-state index contributed by atoms with van der Waals surface area (Å²) >= 11 is 0. The van der Waals surface area contributed by atoms with Crippen LogP contribution >= 0.6 is 0 Å². The van der Waals surface area contributed by atoms with E-state index in [1.807, 2.05) is 6.92 Å². The average molecular weight is 235 g/mol. The molecule has 2 atom stereocenters. The lowest BCUT2D eigenvalue weighted by Crippen LogP contribution is -2.40. The second-order valence-electron chi connectivity index (χ2n) is 4.11. The molecule has 0 radical (unpaired) electrons. The van der Waals surface area contributed by atoms with E-state index in [4.69, 9.17) is 4.74 Å². The first-order valence-electron chi connectivity index (χ1n) is 5.67. The van der Waals surface area contributed by atoms with E-state index in [0.29, 0.717) is 6.61 Å². The maximum atomic E-state index is 11.6. The van der Waals surface area contributed by atoms with Crippen molar-refractivity contribution in [1.82, 2.24) is 4.72 Å². The van der Waals surface area contributed by atoms with Gasteiger partial charge in [0.05, 0.1) is 11.9 Å². The molecule has 15 heavy (non-hydrogen) atoms. The normalized spacial score (nSPS) is 27.1. The molecule has 90 valence electrons. The van der Waals surface area contributed by atoms with Gasteiger partial charge in [0, 0.05) is 12.6 Å². The molecule has 0 aromatic rings. The van der Waals surface area contributed by atoms with E-state index in [1.54, 1.807) is 0 Å². The lowest BCUT2D eigenvalue weighted by atomic mass is 10.2. The molecule has 1 aliphatic rings. The highest BCUT2D eigenvalue weighted by atomic mass is 32.2. The zero-order valence-electron chi connectivity index (χ0n) is 9.53. The van der Waals surface area contributed by atoms with Gasteiger partial charge in [-0.1, -0.05) is 19.8 Å². The van der Waals surface area contributed by atoms with Gasteiger partial charge in [-0.3, -0.25) is 0 Å². The van der Waals surface area contributed by atoms with Crippen molar-refractivity contribution >= 4 is 10.0 Å². The summed E-state index contributed by atoms with van der Waals surface area (Å²) in [6.45, 7) is 4.63. The zero-order chi connectivity index (χ0) is 11.3. The van der Waals surface area contributed by atoms with Gasteiger partial charge in [-0.2, -0.15) is 0 Å². The molecule has 1 aliphatic heterocycles. The maximum absolute atomic E-state index is 11.6. The van der Waals surface area contributed by atoms with Gasteiger partial charge in [-0.05, 0) is 19.8 Å². The monoisotopic (exact) mass is 235 g/mol. The molecule has 0 spiro atoms. The van der Waals surface area contributed by atoms with Gasteiger partial charge < -0.3 is 4.74 Å². The van der Waals surface area contributed by atoms with E-state index in [9.17, 15) is 8.42 Å². The molecule has 0 unspecified atom stereocenters. The number of hydrogen-bond donors (Lipinski definition) is 1. The molecule has 0 saturated carbocycles. The molecular weight excluding hydrogens is 214 g/mol. The van der Waals surface area contributed by atoms with E-state index in [2.05, 4.69) is 11.6 Å². The maximum Gasteiger partial charge on any atom is 0.211 e. The second-order valence-corrected chi connectivity index (χ2v) is 5.99. The first-order chi connectivity index (χ1) is 7.05. The van der Waals surface area contributed by atoms with Gasteiger partial charge in [0.1, 0.15) is 0 Å². The molecule has 1 heterocycles. The molecular formula is C10H21NO3S. The van der Waals surface area contributed by atoms with Crippen LogP contribution in [0.25, 0.3) is 0 Å². The van der Waals surface area contributed by atoms with Crippen molar-refractivity contribution in [3.05, 3.63) is 0 Å². The van der Waals surface area contributed by atoms with Crippen LogP contribution in [0.2, 0.25) is 0 Å². The van der Waals surface area contributed by atoms with Crippen molar-refractivity contribution in [2.75, 3.05) is 12.4 Å². The van der Waals surface area contributed by atoms with Crippen LogP contribution in [0.15, 0.2) is 0 Å². The molecule has 0 bridgehead atoms. The third kappa shape index (κ3) is 4.49. The molecule has 1 saturated heterocycles. The molecule has 1 N–H and O–H groups in total. The van der Waals surface area contributed by atoms with Crippen LogP contribution in [0.3, 0.4) is 0 Å². The van der Waals surface area contributed by atoms with Crippen molar-refractivity contribution < 1.29 is 13.2 Å². The SMILES string of the molecule is CCCCCS(=O)(=O)N[C@@H]1CCO[C@H]1C. The van der Waals surface area contributed by atoms with Gasteiger partial charge in [0.2, 0.25) is 10.0 Å². The van der Waals surface area contributed by atoms with E-state index in [-0.39, 0.29) is 17.9 Å². The fourth-order valence-corrected chi connectivity index (χ4v) is 3.19. The number of rotatable bonds is 6. The summed E-state index contributed by atoms with van der Waals surface area (Å²) in [5.41, 5.74) is 0. The molecule has 0 aliphatic carbocycles. The van der Waals surface area contributed by atoms with Crippen molar-refractivity contribution in [3.8, 4) is 0 Å². The lowest BCUT2D eigenvalue weighted by molar-refractivity contribution is 0.117. The molecule has 0 amide bonds. The van der Waals surface area contributed by atoms with Gasteiger partial charge in [-0.25, -0.2) is 13.1 Å². The summed E-state index contributed by atoms with van der Waals surface area (Å²) in [6.07, 6.45) is 3.55. The van der Waals surface area contributed by atoms with E-state index in [0.717, 1.165) is 25.7 Å². The Morgan fingerprint density at radius 1 is 1.40 bits per heavy atom. The number of ether oxygens (including phenoxy) is 1. The van der Waals surface area contributed by atoms with Gasteiger partial charge in [-0.15, -0.1) is 0 Å². The summed E-state index contributed by atoms with van der Waals surface area (Å²) in [6, 6.07) is -0.0309. The first kappa shape index (κ1) is 12.9. The van der Waals surface area contributed by atoms with E-state index in [1.165, 1.54) is 0 Å². The topological polar surface area (TPSA) is 55.4 Å². The summed E-state index contributed by atoms with van der Waals surface area (Å²) in [5, 5.41) is 0. The van der Waals surface area contributed by atoms with Crippen molar-refractivity contribution in [3.63, 3.8) is 0 Å². The van der Waals surface area contributed by atoms with Crippen LogP contribution < -0.4 is 4.72 Å². The Morgan fingerprint density at radius 3 is 2.67 bits per heavy atom. The van der Waals surface area contributed by atoms with E-state index < -0.39 is 10.0 Å². The number of unbranched alkanes of at least 4 members (excludes halogenated alkanes) is 2. The van der Waals surface area contributed by atoms with Crippen LogP contribution in [0.5, 0.6) is 0 Å². The van der Waals surface area contributed by atoms with Crippen molar-refractivity contribution in [2.45, 2.75) is 51.7 Å². The van der Waals surface area contributed by atoms with Gasteiger partial charge >= 0.3 is 0 Å². The Kier molecular flexibility index (Phi) is 5.02.